The highest BCUT2D eigenvalue weighted by molar-refractivity contribution is 6.46. The van der Waals surface area contributed by atoms with Crippen molar-refractivity contribution in [1.82, 2.24) is 15.3 Å². The maximum Gasteiger partial charge on any atom is 0.433 e. The third-order valence-corrected chi connectivity index (χ3v) is 4.14. The summed E-state index contributed by atoms with van der Waals surface area (Å²) in [5.74, 6) is -0.899. The van der Waals surface area contributed by atoms with Gasteiger partial charge in [0.2, 0.25) is 5.88 Å². The summed E-state index contributed by atoms with van der Waals surface area (Å²) >= 11 is 6.28. The van der Waals surface area contributed by atoms with Gasteiger partial charge < -0.3 is 19.6 Å². The Morgan fingerprint density at radius 1 is 1.28 bits per heavy atom. The minimum absolute atomic E-state index is 0.0713. The maximum atomic E-state index is 13.2. The van der Waals surface area contributed by atoms with E-state index in [0.29, 0.717) is 18.2 Å². The molecule has 0 saturated heterocycles. The molecular weight excluding hydrogens is 453 g/mol. The summed E-state index contributed by atoms with van der Waals surface area (Å²) in [6, 6.07) is 4.87. The second kappa shape index (κ2) is 11.0. The first-order valence-electron chi connectivity index (χ1n) is 9.49. The topological polar surface area (TPSA) is 94.9 Å². The Bertz CT molecular complexity index is 984. The van der Waals surface area contributed by atoms with E-state index >= 15 is 0 Å². The van der Waals surface area contributed by atoms with Gasteiger partial charge in [-0.3, -0.25) is 4.79 Å². The summed E-state index contributed by atoms with van der Waals surface area (Å²) in [5, 5.41) is 6.57. The van der Waals surface area contributed by atoms with Gasteiger partial charge in [0, 0.05) is 28.8 Å². The van der Waals surface area contributed by atoms with Gasteiger partial charge >= 0.3 is 12.2 Å². The summed E-state index contributed by atoms with van der Waals surface area (Å²) in [7, 11) is 1.27. The number of likely N-dealkylation sites (N-methyl/N-ethyl adjacent to an activating group) is 1. The van der Waals surface area contributed by atoms with Crippen LogP contribution in [-0.2, 0) is 22.4 Å². The molecule has 0 aliphatic carbocycles. The van der Waals surface area contributed by atoms with Gasteiger partial charge in [-0.2, -0.15) is 23.1 Å². The Labute approximate surface area is 187 Å². The number of carbonyl (C=O) groups excluding carboxylic acids is 1. The van der Waals surface area contributed by atoms with Crippen LogP contribution in [0.2, 0.25) is 5.02 Å². The van der Waals surface area contributed by atoms with Crippen LogP contribution in [0.4, 0.5) is 13.2 Å². The number of amides is 1. The molecule has 0 saturated carbocycles. The molecule has 1 N–H and O–H groups in total. The second-order valence-corrected chi connectivity index (χ2v) is 6.98. The van der Waals surface area contributed by atoms with Crippen molar-refractivity contribution < 1.29 is 32.3 Å². The van der Waals surface area contributed by atoms with Crippen molar-refractivity contribution in [1.29, 1.82) is 0 Å². The smallest absolute Gasteiger partial charge is 0.433 e. The average molecular weight is 475 g/mol. The zero-order valence-electron chi connectivity index (χ0n) is 17.8. The minimum Gasteiger partial charge on any atom is -0.473 e. The zero-order chi connectivity index (χ0) is 23.9. The maximum absolute atomic E-state index is 13.2. The molecular formula is C20H22ClF3N4O4. The number of nitrogens with zero attached hydrogens (tertiary/aromatic N) is 3. The number of aromatic nitrogens is 2. The van der Waals surface area contributed by atoms with Gasteiger partial charge in [-0.15, -0.1) is 0 Å². The lowest BCUT2D eigenvalue weighted by molar-refractivity contribution is -0.141. The Morgan fingerprint density at radius 2 is 2.00 bits per heavy atom. The molecule has 0 spiro atoms. The minimum atomic E-state index is -4.73. The van der Waals surface area contributed by atoms with Crippen molar-refractivity contribution in [3.63, 3.8) is 0 Å². The van der Waals surface area contributed by atoms with Gasteiger partial charge in [-0.25, -0.2) is 0 Å². The van der Waals surface area contributed by atoms with Gasteiger partial charge in [-0.1, -0.05) is 28.9 Å². The number of hydrogen-bond donors (Lipinski definition) is 1. The molecule has 0 aliphatic heterocycles. The fraction of sp³-hybridized carbons (Fsp3) is 0.400. The van der Waals surface area contributed by atoms with E-state index in [-0.39, 0.29) is 28.8 Å². The number of halogens is 4. The molecule has 1 aromatic heterocycles. The molecule has 0 radical (unpaired) electrons. The van der Waals surface area contributed by atoms with E-state index in [2.05, 4.69) is 20.4 Å². The van der Waals surface area contributed by atoms with Crippen molar-refractivity contribution in [3.05, 3.63) is 46.1 Å². The standard InChI is InChI=1S/C20H22ClF3N4O4/c1-5-25-18(29)17(28-30-4)12-7-6-8-14(21)13(12)10-31-16-9-15(20(22,23)24)26-19(27-16)32-11(2)3/h6-9,11H,5,10H2,1-4H3,(H,25,29). The molecule has 174 valence electrons. The Hall–Kier alpha value is -3.08. The number of carbonyl (C=O) groups is 1. The lowest BCUT2D eigenvalue weighted by atomic mass is 10.0. The molecule has 2 rings (SSSR count). The van der Waals surface area contributed by atoms with Crippen LogP contribution in [0.5, 0.6) is 11.9 Å². The van der Waals surface area contributed by atoms with Crippen molar-refractivity contribution >= 4 is 23.2 Å². The van der Waals surface area contributed by atoms with Gasteiger partial charge in [0.15, 0.2) is 11.4 Å². The van der Waals surface area contributed by atoms with Crippen molar-refractivity contribution in [3.8, 4) is 11.9 Å². The molecule has 8 nitrogen and oxygen atoms in total. The molecule has 1 amide bonds. The first-order chi connectivity index (χ1) is 15.1. The zero-order valence-corrected chi connectivity index (χ0v) is 18.5. The molecule has 0 unspecified atom stereocenters. The molecule has 1 heterocycles. The fourth-order valence-corrected chi connectivity index (χ4v) is 2.74. The predicted molar refractivity (Wildman–Crippen MR) is 111 cm³/mol. The molecule has 0 aliphatic rings. The van der Waals surface area contributed by atoms with Crippen LogP contribution in [0, 0.1) is 0 Å². The van der Waals surface area contributed by atoms with E-state index in [1.165, 1.54) is 7.11 Å². The van der Waals surface area contributed by atoms with Crippen LogP contribution < -0.4 is 14.8 Å². The highest BCUT2D eigenvalue weighted by atomic mass is 35.5. The third-order valence-electron chi connectivity index (χ3n) is 3.79. The number of nitrogens with one attached hydrogen (secondary N) is 1. The van der Waals surface area contributed by atoms with Crippen LogP contribution in [0.15, 0.2) is 29.4 Å². The van der Waals surface area contributed by atoms with E-state index < -0.39 is 29.9 Å². The van der Waals surface area contributed by atoms with Crippen LogP contribution in [0.25, 0.3) is 0 Å². The normalized spacial score (nSPS) is 12.0. The molecule has 0 atom stereocenters. The summed E-state index contributed by atoms with van der Waals surface area (Å²) < 4.78 is 50.4. The molecule has 0 fully saturated rings. The summed E-state index contributed by atoms with van der Waals surface area (Å²) in [6.07, 6.45) is -5.19. The van der Waals surface area contributed by atoms with E-state index in [1.807, 2.05) is 0 Å². The van der Waals surface area contributed by atoms with Gasteiger partial charge in [0.05, 0.1) is 6.10 Å². The highest BCUT2D eigenvalue weighted by Crippen LogP contribution is 2.31. The lowest BCUT2D eigenvalue weighted by Crippen LogP contribution is -2.32. The second-order valence-electron chi connectivity index (χ2n) is 6.57. The molecule has 12 heteroatoms. The fourth-order valence-electron chi connectivity index (χ4n) is 2.51. The van der Waals surface area contributed by atoms with Gasteiger partial charge in [0.1, 0.15) is 13.7 Å². The number of hydrogen-bond acceptors (Lipinski definition) is 7. The van der Waals surface area contributed by atoms with E-state index in [9.17, 15) is 18.0 Å². The van der Waals surface area contributed by atoms with Crippen molar-refractivity contribution in [2.75, 3.05) is 13.7 Å². The highest BCUT2D eigenvalue weighted by Gasteiger charge is 2.34. The van der Waals surface area contributed by atoms with E-state index in [0.717, 1.165) is 0 Å². The van der Waals surface area contributed by atoms with Crippen LogP contribution in [0.3, 0.4) is 0 Å². The van der Waals surface area contributed by atoms with E-state index in [4.69, 9.17) is 25.9 Å². The van der Waals surface area contributed by atoms with Gasteiger partial charge in [0.25, 0.3) is 5.91 Å². The number of oxime groups is 1. The average Bonchev–Trinajstić information content (AvgIpc) is 2.70. The molecule has 32 heavy (non-hydrogen) atoms. The summed E-state index contributed by atoms with van der Waals surface area (Å²) in [4.78, 5) is 24.4. The summed E-state index contributed by atoms with van der Waals surface area (Å²) in [6.45, 7) is 5.01. The number of alkyl halides is 3. The number of benzene rings is 1. The first-order valence-corrected chi connectivity index (χ1v) is 9.87. The SMILES string of the molecule is CCNC(=O)C(=NOC)c1cccc(Cl)c1COc1cc(C(F)(F)F)nc(OC(C)C)n1. The van der Waals surface area contributed by atoms with E-state index in [1.54, 1.807) is 39.0 Å². The Balaban J connectivity index is 2.42. The van der Waals surface area contributed by atoms with Crippen LogP contribution in [0.1, 0.15) is 37.6 Å². The lowest BCUT2D eigenvalue weighted by Gasteiger charge is -2.15. The predicted octanol–water partition coefficient (Wildman–Crippen LogP) is 4.00. The summed E-state index contributed by atoms with van der Waals surface area (Å²) in [5.41, 5.74) is -0.705. The molecule has 1 aromatic carbocycles. The Morgan fingerprint density at radius 3 is 2.59 bits per heavy atom. The Kier molecular flexibility index (Phi) is 8.64. The van der Waals surface area contributed by atoms with Crippen molar-refractivity contribution in [2.45, 2.75) is 39.7 Å². The quantitative estimate of drug-likeness (QED) is 0.436. The van der Waals surface area contributed by atoms with Gasteiger partial charge in [-0.05, 0) is 26.8 Å². The third kappa shape index (κ3) is 6.71. The number of ether oxygens (including phenoxy) is 2. The number of rotatable bonds is 9. The largest absolute Gasteiger partial charge is 0.473 e. The molecule has 2 aromatic rings. The van der Waals surface area contributed by atoms with Crippen molar-refractivity contribution in [2.24, 2.45) is 5.16 Å². The molecule has 0 bridgehead atoms. The monoisotopic (exact) mass is 474 g/mol. The van der Waals surface area contributed by atoms with Crippen LogP contribution >= 0.6 is 11.6 Å². The van der Waals surface area contributed by atoms with Crippen LogP contribution in [-0.4, -0.2) is 41.3 Å². The first kappa shape index (κ1) is 25.2.